The number of aliphatic carboxylic acids is 1. The largest absolute Gasteiger partial charge is 0.480 e. The monoisotopic (exact) mass is 390 g/mol. The number of para-hydroxylation sites is 1. The first-order valence-electron chi connectivity index (χ1n) is 8.17. The second kappa shape index (κ2) is 7.40. The van der Waals surface area contributed by atoms with E-state index < -0.39 is 27.4 Å². The predicted octanol–water partition coefficient (Wildman–Crippen LogP) is 2.73. The molecule has 0 aromatic heterocycles. The molecule has 0 saturated heterocycles. The average Bonchev–Trinajstić information content (AvgIpc) is 2.62. The lowest BCUT2D eigenvalue weighted by molar-refractivity contribution is -0.147. The maximum atomic E-state index is 12.5. The molecule has 0 spiro atoms. The maximum absolute atomic E-state index is 12.5. The van der Waals surface area contributed by atoms with Crippen LogP contribution in [0.3, 0.4) is 0 Å². The van der Waals surface area contributed by atoms with Gasteiger partial charge in [0.25, 0.3) is 15.9 Å². The normalized spacial score (nSPS) is 11.7. The van der Waals surface area contributed by atoms with Gasteiger partial charge < -0.3 is 10.0 Å². The van der Waals surface area contributed by atoms with Gasteiger partial charge in [-0.05, 0) is 56.7 Å². The molecule has 0 radical (unpaired) electrons. The molecule has 0 fully saturated rings. The zero-order valence-corrected chi connectivity index (χ0v) is 16.4. The fourth-order valence-corrected chi connectivity index (χ4v) is 3.39. The summed E-state index contributed by atoms with van der Waals surface area (Å²) in [4.78, 5) is 24.9. The van der Waals surface area contributed by atoms with Crippen LogP contribution >= 0.6 is 0 Å². The topological polar surface area (TPSA) is 104 Å². The van der Waals surface area contributed by atoms with E-state index in [-0.39, 0.29) is 10.5 Å². The summed E-state index contributed by atoms with van der Waals surface area (Å²) in [5, 5.41) is 9.24. The van der Waals surface area contributed by atoms with Crippen LogP contribution in [0.15, 0.2) is 53.4 Å². The molecule has 0 atom stereocenters. The minimum Gasteiger partial charge on any atom is -0.480 e. The van der Waals surface area contributed by atoms with E-state index in [4.69, 9.17) is 0 Å². The fourth-order valence-electron chi connectivity index (χ4n) is 2.26. The highest BCUT2D eigenvalue weighted by Crippen LogP contribution is 2.21. The SMILES string of the molecule is Cc1ccccc1NS(=O)(=O)c1ccc(C(=O)N(C)C(C)(C)C(=O)O)cc1. The van der Waals surface area contributed by atoms with Gasteiger partial charge in [-0.3, -0.25) is 9.52 Å². The third kappa shape index (κ3) is 4.28. The van der Waals surface area contributed by atoms with Gasteiger partial charge in [0.2, 0.25) is 0 Å². The molecule has 7 nitrogen and oxygen atoms in total. The van der Waals surface area contributed by atoms with E-state index in [0.717, 1.165) is 10.5 Å². The van der Waals surface area contributed by atoms with Gasteiger partial charge in [0, 0.05) is 12.6 Å². The molecule has 2 rings (SSSR count). The van der Waals surface area contributed by atoms with Crippen LogP contribution in [-0.2, 0) is 14.8 Å². The first-order valence-corrected chi connectivity index (χ1v) is 9.65. The number of rotatable bonds is 6. The van der Waals surface area contributed by atoms with E-state index in [1.807, 2.05) is 6.07 Å². The van der Waals surface area contributed by atoms with Crippen LogP contribution in [0.5, 0.6) is 0 Å². The maximum Gasteiger partial charge on any atom is 0.329 e. The average molecular weight is 390 g/mol. The number of hydrogen-bond donors (Lipinski definition) is 2. The van der Waals surface area contributed by atoms with Gasteiger partial charge in [0.05, 0.1) is 10.6 Å². The molecule has 0 bridgehead atoms. The molecule has 0 aliphatic carbocycles. The molecule has 0 saturated carbocycles. The third-order valence-electron chi connectivity index (χ3n) is 4.47. The number of likely N-dealkylation sites (N-methyl/N-ethyl adjacent to an activating group) is 1. The summed E-state index contributed by atoms with van der Waals surface area (Å²) in [5.74, 6) is -1.65. The number of hydrogen-bond acceptors (Lipinski definition) is 4. The zero-order chi connectivity index (χ0) is 20.4. The lowest BCUT2D eigenvalue weighted by atomic mass is 10.0. The summed E-state index contributed by atoms with van der Waals surface area (Å²) in [6.45, 7) is 4.62. The molecule has 8 heteroatoms. The van der Waals surface area contributed by atoms with Gasteiger partial charge >= 0.3 is 5.97 Å². The lowest BCUT2D eigenvalue weighted by Crippen LogP contribution is -2.50. The number of carbonyl (C=O) groups is 2. The summed E-state index contributed by atoms with van der Waals surface area (Å²) < 4.78 is 27.6. The predicted molar refractivity (Wildman–Crippen MR) is 102 cm³/mol. The molecule has 2 aromatic carbocycles. The molecule has 0 heterocycles. The number of amides is 1. The molecule has 144 valence electrons. The van der Waals surface area contributed by atoms with Crippen molar-refractivity contribution < 1.29 is 23.1 Å². The molecule has 27 heavy (non-hydrogen) atoms. The van der Waals surface area contributed by atoms with E-state index in [1.54, 1.807) is 25.1 Å². The Balaban J connectivity index is 2.25. The second-order valence-electron chi connectivity index (χ2n) is 6.67. The van der Waals surface area contributed by atoms with Gasteiger partial charge in [0.1, 0.15) is 5.54 Å². The second-order valence-corrected chi connectivity index (χ2v) is 8.36. The number of sulfonamides is 1. The number of carboxylic acids is 1. The Labute approximate surface area is 158 Å². The molecule has 2 aromatic rings. The van der Waals surface area contributed by atoms with Crippen molar-refractivity contribution in [3.63, 3.8) is 0 Å². The third-order valence-corrected chi connectivity index (χ3v) is 5.85. The van der Waals surface area contributed by atoms with Gasteiger partial charge in [-0.2, -0.15) is 0 Å². The number of carboxylic acid groups (broad SMARTS) is 1. The lowest BCUT2D eigenvalue weighted by Gasteiger charge is -2.31. The van der Waals surface area contributed by atoms with Gasteiger partial charge in [0.15, 0.2) is 0 Å². The van der Waals surface area contributed by atoms with Crippen molar-refractivity contribution in [2.24, 2.45) is 0 Å². The molecule has 2 N–H and O–H groups in total. The van der Waals surface area contributed by atoms with Crippen molar-refractivity contribution in [1.29, 1.82) is 0 Å². The zero-order valence-electron chi connectivity index (χ0n) is 15.6. The Kier molecular flexibility index (Phi) is 5.60. The van der Waals surface area contributed by atoms with E-state index in [9.17, 15) is 23.1 Å². The molecule has 1 amide bonds. The Morgan fingerprint density at radius 1 is 1.04 bits per heavy atom. The highest BCUT2D eigenvalue weighted by Gasteiger charge is 2.35. The van der Waals surface area contributed by atoms with Crippen molar-refractivity contribution in [3.05, 3.63) is 59.7 Å². The minimum atomic E-state index is -3.81. The van der Waals surface area contributed by atoms with Gasteiger partial charge in [-0.25, -0.2) is 13.2 Å². The van der Waals surface area contributed by atoms with Crippen LogP contribution in [0, 0.1) is 6.92 Å². The molecule has 0 aliphatic rings. The number of nitrogens with zero attached hydrogens (tertiary/aromatic N) is 1. The number of benzene rings is 2. The van der Waals surface area contributed by atoms with E-state index in [1.165, 1.54) is 45.2 Å². The van der Waals surface area contributed by atoms with Gasteiger partial charge in [-0.1, -0.05) is 18.2 Å². The minimum absolute atomic E-state index is 0.00227. The number of aryl methyl sites for hydroxylation is 1. The number of carbonyl (C=O) groups excluding carboxylic acids is 1. The fraction of sp³-hybridized carbons (Fsp3) is 0.263. The van der Waals surface area contributed by atoms with Crippen molar-refractivity contribution in [1.82, 2.24) is 4.90 Å². The van der Waals surface area contributed by atoms with Crippen LogP contribution in [-0.4, -0.2) is 42.9 Å². The first-order chi connectivity index (χ1) is 12.5. The quantitative estimate of drug-likeness (QED) is 0.789. The van der Waals surface area contributed by atoms with Crippen LogP contribution in [0.2, 0.25) is 0 Å². The molecular formula is C19H22N2O5S. The summed E-state index contributed by atoms with van der Waals surface area (Å²) >= 11 is 0. The number of anilines is 1. The Hall–Kier alpha value is -2.87. The standard InChI is InChI=1S/C19H22N2O5S/c1-13-7-5-6-8-16(13)20-27(25,26)15-11-9-14(10-12-15)17(22)21(4)19(2,3)18(23)24/h5-12,20H,1-4H3,(H,23,24). The van der Waals surface area contributed by atoms with E-state index in [0.29, 0.717) is 5.69 Å². The van der Waals surface area contributed by atoms with Crippen molar-refractivity contribution in [2.45, 2.75) is 31.2 Å². The molecule has 0 unspecified atom stereocenters. The Morgan fingerprint density at radius 3 is 2.11 bits per heavy atom. The Bertz CT molecular complexity index is 966. The molecule has 0 aliphatic heterocycles. The smallest absolute Gasteiger partial charge is 0.329 e. The van der Waals surface area contributed by atoms with Crippen LogP contribution in [0.1, 0.15) is 29.8 Å². The van der Waals surface area contributed by atoms with Crippen molar-refractivity contribution in [3.8, 4) is 0 Å². The summed E-state index contributed by atoms with van der Waals surface area (Å²) in [5.41, 5.74) is 0.0569. The Morgan fingerprint density at radius 2 is 1.59 bits per heavy atom. The van der Waals surface area contributed by atoms with Gasteiger partial charge in [-0.15, -0.1) is 0 Å². The highest BCUT2D eigenvalue weighted by atomic mass is 32.2. The molecular weight excluding hydrogens is 368 g/mol. The first kappa shape index (κ1) is 20.4. The van der Waals surface area contributed by atoms with Crippen LogP contribution in [0.4, 0.5) is 5.69 Å². The summed E-state index contributed by atoms with van der Waals surface area (Å²) in [6.07, 6.45) is 0. The number of nitrogens with one attached hydrogen (secondary N) is 1. The van der Waals surface area contributed by atoms with Crippen molar-refractivity contribution in [2.75, 3.05) is 11.8 Å². The highest BCUT2D eigenvalue weighted by molar-refractivity contribution is 7.92. The van der Waals surface area contributed by atoms with E-state index in [2.05, 4.69) is 4.72 Å². The van der Waals surface area contributed by atoms with E-state index >= 15 is 0 Å². The van der Waals surface area contributed by atoms with Crippen LogP contribution < -0.4 is 4.72 Å². The van der Waals surface area contributed by atoms with Crippen molar-refractivity contribution >= 4 is 27.6 Å². The summed E-state index contributed by atoms with van der Waals surface area (Å²) in [6, 6.07) is 12.3. The van der Waals surface area contributed by atoms with Crippen LogP contribution in [0.25, 0.3) is 0 Å². The summed E-state index contributed by atoms with van der Waals surface area (Å²) in [7, 11) is -2.42.